The van der Waals surface area contributed by atoms with Crippen LogP contribution in [0.5, 0.6) is 5.75 Å². The van der Waals surface area contributed by atoms with E-state index in [9.17, 15) is 14.7 Å². The standard InChI is InChI=1S/C27H37N3O5/c1-17(2)22-8-6-7-9-24(22)30(21-12-10-20(11-13-21)26(31)32)27(33)29-23-15-28-18(3)14-25(23)35-19(4)16-34-5/h6-9,14-15,17,19-21H,10-13,16H2,1-5H3,(H,29,33)(H,31,32)/t19-,20?,21?/m0/s1. The summed E-state index contributed by atoms with van der Waals surface area (Å²) in [5.74, 6) is -0.381. The van der Waals surface area contributed by atoms with E-state index in [0.29, 0.717) is 43.7 Å². The van der Waals surface area contributed by atoms with Gasteiger partial charge in [-0.1, -0.05) is 32.0 Å². The number of methoxy groups -OCH3 is 1. The molecule has 0 bridgehead atoms. The van der Waals surface area contributed by atoms with Gasteiger partial charge in [-0.3, -0.25) is 14.7 Å². The molecule has 35 heavy (non-hydrogen) atoms. The molecule has 0 unspecified atom stereocenters. The molecule has 0 aliphatic heterocycles. The molecule has 1 aliphatic carbocycles. The van der Waals surface area contributed by atoms with Crippen molar-refractivity contribution < 1.29 is 24.2 Å². The largest absolute Gasteiger partial charge is 0.486 e. The van der Waals surface area contributed by atoms with E-state index < -0.39 is 5.97 Å². The van der Waals surface area contributed by atoms with Gasteiger partial charge in [0.05, 0.1) is 18.7 Å². The highest BCUT2D eigenvalue weighted by Gasteiger charge is 2.34. The molecule has 1 fully saturated rings. The lowest BCUT2D eigenvalue weighted by Crippen LogP contribution is -2.46. The van der Waals surface area contributed by atoms with Crippen LogP contribution in [0.25, 0.3) is 0 Å². The first kappa shape index (κ1) is 26.5. The quantitative estimate of drug-likeness (QED) is 0.481. The average molecular weight is 484 g/mol. The van der Waals surface area contributed by atoms with E-state index in [-0.39, 0.29) is 30.0 Å². The molecule has 2 aromatic rings. The van der Waals surface area contributed by atoms with Crippen LogP contribution in [0, 0.1) is 12.8 Å². The Kier molecular flexibility index (Phi) is 9.09. The van der Waals surface area contributed by atoms with E-state index in [4.69, 9.17) is 9.47 Å². The molecule has 1 aliphatic rings. The summed E-state index contributed by atoms with van der Waals surface area (Å²) in [6.07, 6.45) is 3.73. The number of ether oxygens (including phenoxy) is 2. The van der Waals surface area contributed by atoms with Crippen LogP contribution in [0.4, 0.5) is 16.2 Å². The van der Waals surface area contributed by atoms with Gasteiger partial charge < -0.3 is 19.9 Å². The average Bonchev–Trinajstić information content (AvgIpc) is 2.81. The lowest BCUT2D eigenvalue weighted by Gasteiger charge is -2.37. The number of para-hydroxylation sites is 1. The maximum absolute atomic E-state index is 13.8. The number of aryl methyl sites for hydroxylation is 1. The maximum atomic E-state index is 13.8. The fourth-order valence-corrected chi connectivity index (χ4v) is 4.64. The second-order valence-corrected chi connectivity index (χ2v) is 9.56. The van der Waals surface area contributed by atoms with Crippen molar-refractivity contribution in [2.24, 2.45) is 5.92 Å². The molecule has 1 saturated carbocycles. The number of hydrogen-bond acceptors (Lipinski definition) is 5. The Morgan fingerprint density at radius 3 is 2.49 bits per heavy atom. The number of urea groups is 1. The zero-order valence-electron chi connectivity index (χ0n) is 21.3. The molecule has 8 nitrogen and oxygen atoms in total. The van der Waals surface area contributed by atoms with Gasteiger partial charge in [0.25, 0.3) is 0 Å². The third-order valence-electron chi connectivity index (χ3n) is 6.42. The monoisotopic (exact) mass is 483 g/mol. The van der Waals surface area contributed by atoms with Crippen LogP contribution >= 0.6 is 0 Å². The van der Waals surface area contributed by atoms with Crippen molar-refractivity contribution in [2.75, 3.05) is 23.9 Å². The number of carboxylic acids is 1. The van der Waals surface area contributed by atoms with Crippen LogP contribution in [-0.2, 0) is 9.53 Å². The molecular weight excluding hydrogens is 446 g/mol. The molecule has 1 aromatic heterocycles. The summed E-state index contributed by atoms with van der Waals surface area (Å²) in [5.41, 5.74) is 3.16. The van der Waals surface area contributed by atoms with E-state index in [2.05, 4.69) is 24.1 Å². The van der Waals surface area contributed by atoms with Crippen molar-refractivity contribution in [2.45, 2.75) is 71.4 Å². The molecule has 8 heteroatoms. The van der Waals surface area contributed by atoms with Crippen molar-refractivity contribution in [3.05, 3.63) is 47.8 Å². The van der Waals surface area contributed by atoms with Crippen molar-refractivity contribution in [3.8, 4) is 5.75 Å². The zero-order chi connectivity index (χ0) is 25.5. The number of rotatable bonds is 9. The summed E-state index contributed by atoms with van der Waals surface area (Å²) >= 11 is 0. The Labute approximate surface area is 207 Å². The number of aliphatic carboxylic acids is 1. The lowest BCUT2D eigenvalue weighted by atomic mass is 9.85. The second-order valence-electron chi connectivity index (χ2n) is 9.56. The van der Waals surface area contributed by atoms with Gasteiger partial charge in [0, 0.05) is 30.6 Å². The SMILES string of the molecule is COC[C@H](C)Oc1cc(C)ncc1NC(=O)N(c1ccccc1C(C)C)C1CCC(C(=O)O)CC1. The number of amides is 2. The first-order valence-electron chi connectivity index (χ1n) is 12.2. The molecular formula is C27H37N3O5. The summed E-state index contributed by atoms with van der Waals surface area (Å²) in [7, 11) is 1.61. The Morgan fingerprint density at radius 2 is 1.86 bits per heavy atom. The molecule has 3 rings (SSSR count). The van der Waals surface area contributed by atoms with Crippen molar-refractivity contribution in [1.82, 2.24) is 4.98 Å². The van der Waals surface area contributed by atoms with Gasteiger partial charge in [0.1, 0.15) is 17.5 Å². The van der Waals surface area contributed by atoms with Crippen molar-refractivity contribution in [3.63, 3.8) is 0 Å². The number of aromatic nitrogens is 1. The molecule has 2 N–H and O–H groups in total. The molecule has 1 atom stereocenters. The second kappa shape index (κ2) is 12.0. The summed E-state index contributed by atoms with van der Waals surface area (Å²) < 4.78 is 11.2. The molecule has 1 heterocycles. The number of carbonyl (C=O) groups is 2. The third kappa shape index (κ3) is 6.72. The first-order chi connectivity index (χ1) is 16.7. The van der Waals surface area contributed by atoms with Gasteiger partial charge in [-0.05, 0) is 57.1 Å². The number of carboxylic acid groups (broad SMARTS) is 1. The topological polar surface area (TPSA) is 101 Å². The Hall–Kier alpha value is -3.13. The number of nitrogens with zero attached hydrogens (tertiary/aromatic N) is 2. The van der Waals surface area contributed by atoms with Gasteiger partial charge in [0.2, 0.25) is 0 Å². The van der Waals surface area contributed by atoms with E-state index >= 15 is 0 Å². The smallest absolute Gasteiger partial charge is 0.326 e. The molecule has 0 radical (unpaired) electrons. The van der Waals surface area contributed by atoms with E-state index in [0.717, 1.165) is 16.9 Å². The first-order valence-corrected chi connectivity index (χ1v) is 12.2. The number of pyridine rings is 1. The maximum Gasteiger partial charge on any atom is 0.326 e. The Bertz CT molecular complexity index is 1020. The van der Waals surface area contributed by atoms with E-state index in [1.165, 1.54) is 0 Å². The number of benzene rings is 1. The highest BCUT2D eigenvalue weighted by molar-refractivity contribution is 6.03. The third-order valence-corrected chi connectivity index (χ3v) is 6.42. The van der Waals surface area contributed by atoms with Crippen LogP contribution in [0.3, 0.4) is 0 Å². The number of nitrogens with one attached hydrogen (secondary N) is 1. The summed E-state index contributed by atoms with van der Waals surface area (Å²) in [6.45, 7) is 8.38. The van der Waals surface area contributed by atoms with Gasteiger partial charge in [-0.25, -0.2) is 4.79 Å². The number of carbonyl (C=O) groups excluding carboxylic acids is 1. The number of anilines is 2. The van der Waals surface area contributed by atoms with Crippen LogP contribution in [0.1, 0.15) is 63.6 Å². The van der Waals surface area contributed by atoms with Gasteiger partial charge >= 0.3 is 12.0 Å². The van der Waals surface area contributed by atoms with Crippen molar-refractivity contribution >= 4 is 23.4 Å². The van der Waals surface area contributed by atoms with E-state index in [1.807, 2.05) is 38.1 Å². The molecule has 0 spiro atoms. The van der Waals surface area contributed by atoms with Crippen molar-refractivity contribution in [1.29, 1.82) is 0 Å². The molecule has 1 aromatic carbocycles. The predicted octanol–water partition coefficient (Wildman–Crippen LogP) is 5.61. The normalized spacial score (nSPS) is 18.7. The molecule has 190 valence electrons. The summed E-state index contributed by atoms with van der Waals surface area (Å²) in [6, 6.07) is 9.31. The van der Waals surface area contributed by atoms with Gasteiger partial charge in [-0.2, -0.15) is 0 Å². The van der Waals surface area contributed by atoms with Crippen LogP contribution in [-0.4, -0.2) is 48.0 Å². The summed E-state index contributed by atoms with van der Waals surface area (Å²) in [4.78, 5) is 31.5. The molecule has 2 amide bonds. The van der Waals surface area contributed by atoms with E-state index in [1.54, 1.807) is 24.3 Å². The van der Waals surface area contributed by atoms with Crippen LogP contribution < -0.4 is 15.0 Å². The van der Waals surface area contributed by atoms with Crippen LogP contribution in [0.15, 0.2) is 36.5 Å². The molecule has 0 saturated heterocycles. The fourth-order valence-electron chi connectivity index (χ4n) is 4.64. The van der Waals surface area contributed by atoms with Gasteiger partial charge in [-0.15, -0.1) is 0 Å². The minimum atomic E-state index is -0.764. The van der Waals surface area contributed by atoms with Gasteiger partial charge in [0.15, 0.2) is 0 Å². The predicted molar refractivity (Wildman–Crippen MR) is 136 cm³/mol. The Morgan fingerprint density at radius 1 is 1.17 bits per heavy atom. The Balaban J connectivity index is 1.93. The minimum absolute atomic E-state index is 0.110. The zero-order valence-corrected chi connectivity index (χ0v) is 21.3. The summed E-state index contributed by atoms with van der Waals surface area (Å²) in [5, 5.41) is 12.5. The highest BCUT2D eigenvalue weighted by Crippen LogP contribution is 2.36. The van der Waals surface area contributed by atoms with Crippen LogP contribution in [0.2, 0.25) is 0 Å². The lowest BCUT2D eigenvalue weighted by molar-refractivity contribution is -0.142. The fraction of sp³-hybridized carbons (Fsp3) is 0.519. The minimum Gasteiger partial charge on any atom is -0.486 e. The number of hydrogen-bond donors (Lipinski definition) is 2. The highest BCUT2D eigenvalue weighted by atomic mass is 16.5.